The van der Waals surface area contributed by atoms with Crippen molar-refractivity contribution in [2.24, 2.45) is 0 Å². The molecule has 4 rings (SSSR count). The van der Waals surface area contributed by atoms with E-state index in [1.165, 1.54) is 33.4 Å². The van der Waals surface area contributed by atoms with Crippen LogP contribution in [0, 0.1) is 13.8 Å². The summed E-state index contributed by atoms with van der Waals surface area (Å²) in [5.41, 5.74) is 9.34. The maximum atomic E-state index is 2.49. The van der Waals surface area contributed by atoms with Gasteiger partial charge < -0.3 is 0 Å². The molecule has 1 heteroatoms. The fourth-order valence-corrected chi connectivity index (χ4v) is 6.05. The van der Waals surface area contributed by atoms with E-state index in [1.54, 1.807) is 0 Å². The Balaban J connectivity index is 2.00. The van der Waals surface area contributed by atoms with Crippen molar-refractivity contribution in [3.63, 3.8) is 0 Å². The standard InChI is InChI=1S/C19H17P/c1-13-11-20(12-14(13)2)19-17-9-5-3-7-15(17)16-8-4-6-10-18(16)19/h3-12,19H,1-2H3. The quantitative estimate of drug-likeness (QED) is 0.405. The third-order valence-corrected chi connectivity index (χ3v) is 6.93. The first-order valence-corrected chi connectivity index (χ1v) is 8.63. The van der Waals surface area contributed by atoms with Gasteiger partial charge in [0.15, 0.2) is 0 Å². The number of hydrogen-bond donors (Lipinski definition) is 0. The van der Waals surface area contributed by atoms with E-state index >= 15 is 0 Å². The van der Waals surface area contributed by atoms with Gasteiger partial charge in [0.25, 0.3) is 0 Å². The van der Waals surface area contributed by atoms with Gasteiger partial charge in [0.05, 0.1) is 0 Å². The summed E-state index contributed by atoms with van der Waals surface area (Å²) in [6.45, 7) is 4.47. The summed E-state index contributed by atoms with van der Waals surface area (Å²) in [7, 11) is -0.222. The van der Waals surface area contributed by atoms with Gasteiger partial charge in [-0.2, -0.15) is 0 Å². The van der Waals surface area contributed by atoms with E-state index in [4.69, 9.17) is 0 Å². The summed E-state index contributed by atoms with van der Waals surface area (Å²) in [5, 5.41) is 0. The van der Waals surface area contributed by atoms with Crippen LogP contribution < -0.4 is 0 Å². The monoisotopic (exact) mass is 276 g/mol. The zero-order chi connectivity index (χ0) is 13.7. The molecule has 0 spiro atoms. The van der Waals surface area contributed by atoms with Crippen LogP contribution in [0.15, 0.2) is 60.1 Å². The molecule has 0 fully saturated rings. The van der Waals surface area contributed by atoms with Gasteiger partial charge in [0.2, 0.25) is 0 Å². The Kier molecular flexibility index (Phi) is 2.62. The number of hydrogen-bond acceptors (Lipinski definition) is 0. The summed E-state index contributed by atoms with van der Waals surface area (Å²) in [6, 6.07) is 17.8. The number of aryl methyl sites for hydroxylation is 2. The van der Waals surface area contributed by atoms with Crippen LogP contribution in [0.3, 0.4) is 0 Å². The molecule has 0 atom stereocenters. The van der Waals surface area contributed by atoms with E-state index in [-0.39, 0.29) is 7.53 Å². The third kappa shape index (κ3) is 1.62. The minimum absolute atomic E-state index is 0.222. The van der Waals surface area contributed by atoms with Crippen molar-refractivity contribution in [1.29, 1.82) is 0 Å². The Bertz CT molecular complexity index is 730. The number of benzene rings is 2. The molecule has 1 heterocycles. The van der Waals surface area contributed by atoms with Crippen molar-refractivity contribution in [3.05, 3.63) is 82.4 Å². The zero-order valence-electron chi connectivity index (χ0n) is 11.8. The molecular formula is C19H17P. The lowest BCUT2D eigenvalue weighted by molar-refractivity contribution is 1.21. The molecule has 1 aliphatic rings. The fraction of sp³-hybridized carbons (Fsp3) is 0.158. The topological polar surface area (TPSA) is 0 Å². The minimum Gasteiger partial charge on any atom is -0.112 e. The smallest absolute Gasteiger partial charge is 0.0486 e. The molecule has 0 bridgehead atoms. The zero-order valence-corrected chi connectivity index (χ0v) is 12.7. The Morgan fingerprint density at radius 1 is 0.700 bits per heavy atom. The largest absolute Gasteiger partial charge is 0.112 e. The predicted octanol–water partition coefficient (Wildman–Crippen LogP) is 5.91. The molecule has 0 unspecified atom stereocenters. The van der Waals surface area contributed by atoms with Crippen LogP contribution in [0.1, 0.15) is 27.9 Å². The number of rotatable bonds is 1. The second-order valence-electron chi connectivity index (χ2n) is 5.65. The van der Waals surface area contributed by atoms with Crippen molar-refractivity contribution in [1.82, 2.24) is 0 Å². The van der Waals surface area contributed by atoms with Crippen LogP contribution in [0.2, 0.25) is 0 Å². The van der Waals surface area contributed by atoms with Crippen molar-refractivity contribution in [2.75, 3.05) is 0 Å². The SMILES string of the molecule is Cc1cp(C2c3ccccc3-c3ccccc32)cc1C. The lowest BCUT2D eigenvalue weighted by Crippen LogP contribution is -1.88. The molecule has 98 valence electrons. The Labute approximate surface area is 121 Å². The average molecular weight is 276 g/mol. The molecule has 2 aromatic carbocycles. The summed E-state index contributed by atoms with van der Waals surface area (Å²) in [5.74, 6) is 4.99. The van der Waals surface area contributed by atoms with Crippen LogP contribution in [0.25, 0.3) is 11.1 Å². The maximum Gasteiger partial charge on any atom is 0.0486 e. The van der Waals surface area contributed by atoms with Gasteiger partial charge in [-0.1, -0.05) is 48.5 Å². The van der Waals surface area contributed by atoms with E-state index in [2.05, 4.69) is 74.0 Å². The molecular weight excluding hydrogens is 259 g/mol. The highest BCUT2D eigenvalue weighted by Crippen LogP contribution is 2.58. The lowest BCUT2D eigenvalue weighted by atomic mass is 10.1. The molecule has 0 amide bonds. The van der Waals surface area contributed by atoms with E-state index < -0.39 is 0 Å². The van der Waals surface area contributed by atoms with Crippen LogP contribution in [0.4, 0.5) is 0 Å². The molecule has 1 aromatic heterocycles. The fourth-order valence-electron chi connectivity index (χ4n) is 3.29. The number of fused-ring (bicyclic) bond motifs is 3. The maximum absolute atomic E-state index is 2.49. The molecule has 0 saturated carbocycles. The molecule has 0 N–H and O–H groups in total. The second-order valence-corrected chi connectivity index (χ2v) is 7.58. The van der Waals surface area contributed by atoms with Gasteiger partial charge in [-0.05, 0) is 58.8 Å². The summed E-state index contributed by atoms with van der Waals surface area (Å²) in [6.07, 6.45) is 0. The van der Waals surface area contributed by atoms with Crippen LogP contribution in [-0.2, 0) is 0 Å². The van der Waals surface area contributed by atoms with E-state index in [1.807, 2.05) is 0 Å². The van der Waals surface area contributed by atoms with Crippen molar-refractivity contribution in [2.45, 2.75) is 19.5 Å². The van der Waals surface area contributed by atoms with Crippen molar-refractivity contribution < 1.29 is 0 Å². The van der Waals surface area contributed by atoms with Crippen molar-refractivity contribution >= 4 is 7.53 Å². The highest BCUT2D eigenvalue weighted by atomic mass is 31.1. The van der Waals surface area contributed by atoms with Crippen LogP contribution in [-0.4, -0.2) is 0 Å². The van der Waals surface area contributed by atoms with Gasteiger partial charge in [-0.3, -0.25) is 0 Å². The second kappa shape index (κ2) is 4.36. The normalized spacial score (nSPS) is 13.3. The highest BCUT2D eigenvalue weighted by Gasteiger charge is 2.29. The Morgan fingerprint density at radius 3 is 1.65 bits per heavy atom. The first kappa shape index (κ1) is 12.0. The highest BCUT2D eigenvalue weighted by molar-refractivity contribution is 7.49. The molecule has 20 heavy (non-hydrogen) atoms. The van der Waals surface area contributed by atoms with Gasteiger partial charge >= 0.3 is 0 Å². The molecule has 0 saturated heterocycles. The Morgan fingerprint density at radius 2 is 1.15 bits per heavy atom. The van der Waals surface area contributed by atoms with Crippen LogP contribution >= 0.6 is 7.53 Å². The molecule has 0 radical (unpaired) electrons. The molecule has 3 aromatic rings. The first-order valence-electron chi connectivity index (χ1n) is 7.08. The third-order valence-electron chi connectivity index (χ3n) is 4.41. The van der Waals surface area contributed by atoms with E-state index in [9.17, 15) is 0 Å². The van der Waals surface area contributed by atoms with Crippen LogP contribution in [0.5, 0.6) is 0 Å². The van der Waals surface area contributed by atoms with E-state index in [0.717, 1.165) is 0 Å². The average Bonchev–Trinajstić information content (AvgIpc) is 2.97. The predicted molar refractivity (Wildman–Crippen MR) is 87.7 cm³/mol. The van der Waals surface area contributed by atoms with E-state index in [0.29, 0.717) is 5.66 Å². The van der Waals surface area contributed by atoms with Crippen molar-refractivity contribution in [3.8, 4) is 11.1 Å². The van der Waals surface area contributed by atoms with Gasteiger partial charge in [-0.15, -0.1) is 7.53 Å². The van der Waals surface area contributed by atoms with Gasteiger partial charge in [-0.25, -0.2) is 0 Å². The van der Waals surface area contributed by atoms with Gasteiger partial charge in [0.1, 0.15) is 0 Å². The summed E-state index contributed by atoms with van der Waals surface area (Å²) in [4.78, 5) is 0. The Hall–Kier alpha value is -1.78. The molecule has 1 aliphatic carbocycles. The summed E-state index contributed by atoms with van der Waals surface area (Å²) < 4.78 is 0. The minimum atomic E-state index is -0.222. The lowest BCUT2D eigenvalue weighted by Gasteiger charge is -2.13. The summed E-state index contributed by atoms with van der Waals surface area (Å²) >= 11 is 0. The first-order chi connectivity index (χ1) is 9.75. The molecule has 0 nitrogen and oxygen atoms in total. The van der Waals surface area contributed by atoms with Gasteiger partial charge in [0, 0.05) is 5.66 Å². The molecule has 0 aliphatic heterocycles.